The molecule has 44 heavy (non-hydrogen) atoms. The molecule has 12 heteroatoms. The highest BCUT2D eigenvalue weighted by Crippen LogP contribution is 2.41. The molecule has 0 saturated carbocycles. The maximum absolute atomic E-state index is 14.0. The Morgan fingerprint density at radius 2 is 1.91 bits per heavy atom. The number of amides is 1. The van der Waals surface area contributed by atoms with Crippen LogP contribution in [0.2, 0.25) is 0 Å². The molecule has 3 heterocycles. The van der Waals surface area contributed by atoms with Crippen molar-refractivity contribution in [3.8, 4) is 5.75 Å². The molecule has 9 nitrogen and oxygen atoms in total. The summed E-state index contributed by atoms with van der Waals surface area (Å²) in [5, 5.41) is 5.88. The van der Waals surface area contributed by atoms with Crippen molar-refractivity contribution in [3.05, 3.63) is 65.0 Å². The lowest BCUT2D eigenvalue weighted by Gasteiger charge is -2.33. The number of piperidine rings is 1. The summed E-state index contributed by atoms with van der Waals surface area (Å²) in [7, 11) is 1.51. The minimum Gasteiger partial charge on any atom is -0.494 e. The highest BCUT2D eigenvalue weighted by molar-refractivity contribution is 6.06. The molecule has 2 N–H and O–H groups in total. The van der Waals surface area contributed by atoms with E-state index in [1.165, 1.54) is 7.11 Å². The largest absolute Gasteiger partial charge is 0.494 e. The normalized spacial score (nSPS) is 16.3. The standard InChI is InChI=1S/C32H36F3N5O4/c1-5-44-28(41)20-13-15-40(16-14-20)21-10-12-24(26(17-21)43-4)39-30-36-18-22(32(33,34)35)23(38-30)11-9-19-7-6-8-25-27(19)31(2,3)29(42)37-25/h6-8,10,12,17-18,20H,5,9,11,13-16H2,1-4H3,(H,37,42)(H,36,38,39). The monoisotopic (exact) mass is 611 g/mol. The van der Waals surface area contributed by atoms with E-state index in [1.54, 1.807) is 39.0 Å². The average molecular weight is 612 g/mol. The topological polar surface area (TPSA) is 106 Å². The van der Waals surface area contributed by atoms with Crippen molar-refractivity contribution < 1.29 is 32.2 Å². The van der Waals surface area contributed by atoms with Gasteiger partial charge in [-0.3, -0.25) is 9.59 Å². The third-order valence-electron chi connectivity index (χ3n) is 8.31. The van der Waals surface area contributed by atoms with Crippen LogP contribution in [0, 0.1) is 5.92 Å². The number of anilines is 4. The second-order valence-electron chi connectivity index (χ2n) is 11.5. The SMILES string of the molecule is CCOC(=O)C1CCN(c2ccc(Nc3ncc(C(F)(F)F)c(CCc4cccc5c4C(C)(C)C(=O)N5)n3)c(OC)c2)CC1. The summed E-state index contributed by atoms with van der Waals surface area (Å²) in [6.45, 7) is 7.12. The maximum Gasteiger partial charge on any atom is 0.419 e. The smallest absolute Gasteiger partial charge is 0.419 e. The Balaban J connectivity index is 1.34. The summed E-state index contributed by atoms with van der Waals surface area (Å²) >= 11 is 0. The van der Waals surface area contributed by atoms with Crippen molar-refractivity contribution in [2.75, 3.05) is 42.3 Å². The molecule has 0 atom stereocenters. The lowest BCUT2D eigenvalue weighted by Crippen LogP contribution is -2.37. The van der Waals surface area contributed by atoms with Crippen LogP contribution in [-0.2, 0) is 38.8 Å². The van der Waals surface area contributed by atoms with Crippen molar-refractivity contribution in [1.82, 2.24) is 9.97 Å². The summed E-state index contributed by atoms with van der Waals surface area (Å²) in [4.78, 5) is 35.0. The lowest BCUT2D eigenvalue weighted by molar-refractivity contribution is -0.148. The van der Waals surface area contributed by atoms with E-state index in [0.29, 0.717) is 49.7 Å². The predicted molar refractivity (Wildman–Crippen MR) is 160 cm³/mol. The van der Waals surface area contributed by atoms with Crippen molar-refractivity contribution in [3.63, 3.8) is 0 Å². The van der Waals surface area contributed by atoms with E-state index < -0.39 is 17.2 Å². The number of benzene rings is 2. The van der Waals surface area contributed by atoms with Gasteiger partial charge in [0, 0.05) is 36.7 Å². The summed E-state index contributed by atoms with van der Waals surface area (Å²) in [5.74, 6) is 0.0481. The second kappa shape index (κ2) is 12.3. The summed E-state index contributed by atoms with van der Waals surface area (Å²) in [6, 6.07) is 10.9. The molecule has 2 aliphatic rings. The van der Waals surface area contributed by atoms with E-state index in [4.69, 9.17) is 9.47 Å². The van der Waals surface area contributed by atoms with Gasteiger partial charge in [0.05, 0.1) is 42.0 Å². The van der Waals surface area contributed by atoms with Crippen LogP contribution in [0.3, 0.4) is 0 Å². The number of hydrogen-bond donors (Lipinski definition) is 2. The van der Waals surface area contributed by atoms with Crippen LogP contribution in [0.1, 0.15) is 56.0 Å². The van der Waals surface area contributed by atoms with Crippen LogP contribution in [0.25, 0.3) is 0 Å². The van der Waals surface area contributed by atoms with E-state index >= 15 is 0 Å². The molecule has 2 aromatic carbocycles. The molecule has 0 bridgehead atoms. The zero-order valence-electron chi connectivity index (χ0n) is 25.2. The number of methoxy groups -OCH3 is 1. The van der Waals surface area contributed by atoms with Crippen LogP contribution in [0.5, 0.6) is 5.75 Å². The minimum absolute atomic E-state index is 0.00441. The number of esters is 1. The quantitative estimate of drug-likeness (QED) is 0.282. The van der Waals surface area contributed by atoms with Gasteiger partial charge in [-0.15, -0.1) is 0 Å². The molecule has 5 rings (SSSR count). The minimum atomic E-state index is -4.64. The summed E-state index contributed by atoms with van der Waals surface area (Å²) in [6.07, 6.45) is -2.23. The molecule has 2 aliphatic heterocycles. The number of carbonyl (C=O) groups is 2. The molecular formula is C32H36F3N5O4. The third kappa shape index (κ3) is 6.29. The van der Waals surface area contributed by atoms with Gasteiger partial charge in [0.2, 0.25) is 11.9 Å². The number of aromatic nitrogens is 2. The fourth-order valence-corrected chi connectivity index (χ4v) is 5.93. The first kappa shape index (κ1) is 31.1. The van der Waals surface area contributed by atoms with Gasteiger partial charge in [-0.05, 0) is 75.8 Å². The number of hydrogen-bond acceptors (Lipinski definition) is 8. The van der Waals surface area contributed by atoms with E-state index in [9.17, 15) is 22.8 Å². The fourth-order valence-electron chi connectivity index (χ4n) is 5.93. The zero-order chi connectivity index (χ0) is 31.6. The number of halogens is 3. The number of rotatable bonds is 9. The Morgan fingerprint density at radius 1 is 1.16 bits per heavy atom. The zero-order valence-corrected chi connectivity index (χ0v) is 25.2. The van der Waals surface area contributed by atoms with E-state index in [2.05, 4.69) is 25.5 Å². The molecule has 0 radical (unpaired) electrons. The lowest BCUT2D eigenvalue weighted by atomic mass is 9.82. The Bertz CT molecular complexity index is 1550. The number of nitrogens with one attached hydrogen (secondary N) is 2. The Hall–Kier alpha value is -4.35. The molecule has 3 aromatic rings. The van der Waals surface area contributed by atoms with Crippen LogP contribution >= 0.6 is 0 Å². The Morgan fingerprint density at radius 3 is 2.59 bits per heavy atom. The molecule has 0 spiro atoms. The van der Waals surface area contributed by atoms with Crippen LogP contribution in [-0.4, -0.2) is 48.7 Å². The molecule has 0 aliphatic carbocycles. The third-order valence-corrected chi connectivity index (χ3v) is 8.31. The molecule has 1 saturated heterocycles. The van der Waals surface area contributed by atoms with Crippen molar-refractivity contribution in [1.29, 1.82) is 0 Å². The molecular weight excluding hydrogens is 575 g/mol. The highest BCUT2D eigenvalue weighted by Gasteiger charge is 2.40. The Labute approximate surface area is 254 Å². The van der Waals surface area contributed by atoms with Crippen LogP contribution < -0.4 is 20.3 Å². The molecule has 0 unspecified atom stereocenters. The van der Waals surface area contributed by atoms with Gasteiger partial charge in [0.25, 0.3) is 0 Å². The van der Waals surface area contributed by atoms with E-state index in [1.807, 2.05) is 18.2 Å². The highest BCUT2D eigenvalue weighted by atomic mass is 19.4. The van der Waals surface area contributed by atoms with Gasteiger partial charge in [-0.2, -0.15) is 13.2 Å². The number of nitrogens with zero attached hydrogens (tertiary/aromatic N) is 3. The van der Waals surface area contributed by atoms with Crippen molar-refractivity contribution >= 4 is 34.9 Å². The number of carbonyl (C=O) groups excluding carboxylic acids is 2. The van der Waals surface area contributed by atoms with Crippen LogP contribution in [0.4, 0.5) is 36.2 Å². The summed E-state index contributed by atoms with van der Waals surface area (Å²) < 4.78 is 52.7. The van der Waals surface area contributed by atoms with Crippen molar-refractivity contribution in [2.24, 2.45) is 5.92 Å². The van der Waals surface area contributed by atoms with Crippen LogP contribution in [0.15, 0.2) is 42.6 Å². The molecule has 234 valence electrons. The van der Waals surface area contributed by atoms with Gasteiger partial charge in [-0.25, -0.2) is 9.97 Å². The first-order valence-electron chi connectivity index (χ1n) is 14.7. The average Bonchev–Trinajstić information content (AvgIpc) is 3.23. The molecule has 1 amide bonds. The molecule has 1 aromatic heterocycles. The fraction of sp³-hybridized carbons (Fsp3) is 0.438. The number of ether oxygens (including phenoxy) is 2. The number of alkyl halides is 3. The Kier molecular flexibility index (Phi) is 8.71. The van der Waals surface area contributed by atoms with Gasteiger partial charge < -0.3 is 25.0 Å². The summed E-state index contributed by atoms with van der Waals surface area (Å²) in [5.41, 5.74) is 1.80. The molecule has 1 fully saturated rings. The van der Waals surface area contributed by atoms with Gasteiger partial charge in [0.1, 0.15) is 5.75 Å². The second-order valence-corrected chi connectivity index (χ2v) is 11.5. The predicted octanol–water partition coefficient (Wildman–Crippen LogP) is 6.04. The van der Waals surface area contributed by atoms with Gasteiger partial charge in [0.15, 0.2) is 0 Å². The van der Waals surface area contributed by atoms with Crippen molar-refractivity contribution in [2.45, 2.75) is 58.0 Å². The number of aryl methyl sites for hydroxylation is 2. The van der Waals surface area contributed by atoms with E-state index in [-0.39, 0.29) is 42.3 Å². The maximum atomic E-state index is 14.0. The number of fused-ring (bicyclic) bond motifs is 1. The van der Waals surface area contributed by atoms with Gasteiger partial charge >= 0.3 is 12.1 Å². The first-order valence-corrected chi connectivity index (χ1v) is 14.7. The van der Waals surface area contributed by atoms with E-state index in [0.717, 1.165) is 23.0 Å². The first-order chi connectivity index (χ1) is 20.9. The van der Waals surface area contributed by atoms with Gasteiger partial charge in [-0.1, -0.05) is 12.1 Å².